The van der Waals surface area contributed by atoms with E-state index in [4.69, 9.17) is 4.55 Å². The Bertz CT molecular complexity index is 106. The van der Waals surface area contributed by atoms with Crippen molar-refractivity contribution in [3.63, 3.8) is 0 Å². The fourth-order valence-electron chi connectivity index (χ4n) is 0.345. The second-order valence-electron chi connectivity index (χ2n) is 1.45. The van der Waals surface area contributed by atoms with Crippen LogP contribution in [0.3, 0.4) is 0 Å². The van der Waals surface area contributed by atoms with Gasteiger partial charge in [0.25, 0.3) is 0 Å². The van der Waals surface area contributed by atoms with Crippen molar-refractivity contribution in [1.29, 1.82) is 0 Å². The van der Waals surface area contributed by atoms with Gasteiger partial charge in [-0.3, -0.25) is 4.55 Å². The van der Waals surface area contributed by atoms with Crippen LogP contribution in [-0.2, 0) is 16.1 Å². The molecule has 0 rings (SSSR count). The third kappa shape index (κ3) is 7.74. The number of aldehydes is 1. The van der Waals surface area contributed by atoms with Crippen LogP contribution in [0.25, 0.3) is 0 Å². The molecule has 0 aliphatic rings. The van der Waals surface area contributed by atoms with E-state index in [1.54, 1.807) is 0 Å². The van der Waals surface area contributed by atoms with Crippen LogP contribution in [-0.4, -0.2) is 21.6 Å². The van der Waals surface area contributed by atoms with Gasteiger partial charge in [0.2, 0.25) is 11.3 Å². The molecule has 5 heteroatoms. The first kappa shape index (κ1) is 8.74. The molecule has 0 fully saturated rings. The molecule has 0 radical (unpaired) electrons. The summed E-state index contributed by atoms with van der Waals surface area (Å²) in [6.07, 6.45) is 1.82. The normalized spacial score (nSPS) is 13.0. The van der Waals surface area contributed by atoms with Crippen LogP contribution in [0.1, 0.15) is 12.8 Å². The molecule has 0 aromatic heterocycles. The molecule has 0 aromatic rings. The zero-order valence-corrected chi connectivity index (χ0v) is 5.69. The fraction of sp³-hybridized carbons (Fsp3) is 0.750. The van der Waals surface area contributed by atoms with Crippen molar-refractivity contribution in [2.24, 2.45) is 0 Å². The first-order valence-corrected chi connectivity index (χ1v) is 3.66. The monoisotopic (exact) mass is 151 g/mol. The summed E-state index contributed by atoms with van der Waals surface area (Å²) in [5.41, 5.74) is 0. The van der Waals surface area contributed by atoms with Gasteiger partial charge in [-0.2, -0.15) is 0 Å². The molecule has 0 aromatic carbocycles. The number of unbranched alkanes of at least 4 members (excludes halogenated alkanes) is 1. The van der Waals surface area contributed by atoms with Gasteiger partial charge in [-0.15, -0.1) is 0 Å². The van der Waals surface area contributed by atoms with Crippen LogP contribution in [0.5, 0.6) is 0 Å². The van der Waals surface area contributed by atoms with Gasteiger partial charge in [0.15, 0.2) is 0 Å². The first-order valence-electron chi connectivity index (χ1n) is 2.55. The average Bonchev–Trinajstić information content (AvgIpc) is 1.80. The minimum atomic E-state index is -1.93. The highest BCUT2D eigenvalue weighted by atomic mass is 32.2. The van der Waals surface area contributed by atoms with E-state index in [1.807, 2.05) is 0 Å². The van der Waals surface area contributed by atoms with E-state index in [1.165, 1.54) is 0 Å². The van der Waals surface area contributed by atoms with Gasteiger partial charge >= 0.3 is 0 Å². The highest BCUT2D eigenvalue weighted by Crippen LogP contribution is 1.80. The number of rotatable bonds is 5. The Balaban J connectivity index is 2.91. The zero-order valence-electron chi connectivity index (χ0n) is 4.87. The number of hydrogen-bond acceptors (Lipinski definition) is 2. The summed E-state index contributed by atoms with van der Waals surface area (Å²) in [5.74, 6) is 0. The highest BCUT2D eigenvalue weighted by Gasteiger charge is 1.89. The molecule has 9 heavy (non-hydrogen) atoms. The maximum atomic E-state index is 9.87. The van der Waals surface area contributed by atoms with Crippen molar-refractivity contribution in [2.45, 2.75) is 12.8 Å². The molecule has 1 unspecified atom stereocenters. The number of nitrogens with one attached hydrogen (secondary N) is 1. The standard InChI is InChI=1S/C4H9NO3S/c6-4-2-1-3-5-9(7)8/h4-5H,1-3H2,(H,7,8). The summed E-state index contributed by atoms with van der Waals surface area (Å²) < 4.78 is 20.2. The van der Waals surface area contributed by atoms with Crippen molar-refractivity contribution in [1.82, 2.24) is 4.72 Å². The molecule has 2 N–H and O–H groups in total. The smallest absolute Gasteiger partial charge is 0.231 e. The lowest BCUT2D eigenvalue weighted by Crippen LogP contribution is -2.17. The summed E-state index contributed by atoms with van der Waals surface area (Å²) in [5, 5.41) is 0. The van der Waals surface area contributed by atoms with E-state index in [9.17, 15) is 9.00 Å². The molecule has 0 saturated carbocycles. The molecule has 0 aliphatic carbocycles. The van der Waals surface area contributed by atoms with E-state index >= 15 is 0 Å². The van der Waals surface area contributed by atoms with E-state index in [2.05, 4.69) is 4.72 Å². The van der Waals surface area contributed by atoms with Gasteiger partial charge in [-0.1, -0.05) is 0 Å². The van der Waals surface area contributed by atoms with E-state index in [0.29, 0.717) is 19.4 Å². The average molecular weight is 151 g/mol. The van der Waals surface area contributed by atoms with Gasteiger partial charge in [0.1, 0.15) is 6.29 Å². The summed E-state index contributed by atoms with van der Waals surface area (Å²) >= 11 is -1.93. The fourth-order valence-corrected chi connectivity index (χ4v) is 0.664. The van der Waals surface area contributed by atoms with Gasteiger partial charge < -0.3 is 4.79 Å². The Labute approximate surface area is 56.1 Å². The molecular formula is C4H9NO3S. The summed E-state index contributed by atoms with van der Waals surface area (Å²) in [6.45, 7) is 0.405. The van der Waals surface area contributed by atoms with Crippen LogP contribution in [0.15, 0.2) is 0 Å². The van der Waals surface area contributed by atoms with Gasteiger partial charge in [0, 0.05) is 13.0 Å². The van der Waals surface area contributed by atoms with Crippen molar-refractivity contribution >= 4 is 17.6 Å². The SMILES string of the molecule is O=CCCCNS(=O)O. The Hall–Kier alpha value is -0.260. The minimum absolute atomic E-state index is 0.405. The molecule has 54 valence electrons. The van der Waals surface area contributed by atoms with Crippen LogP contribution in [0.4, 0.5) is 0 Å². The van der Waals surface area contributed by atoms with Crippen molar-refractivity contribution in [3.8, 4) is 0 Å². The number of carbonyl (C=O) groups is 1. The molecule has 0 spiro atoms. The lowest BCUT2D eigenvalue weighted by Gasteiger charge is -1.93. The maximum absolute atomic E-state index is 9.87. The predicted octanol–water partition coefficient (Wildman–Crippen LogP) is -0.308. The summed E-state index contributed by atoms with van der Waals surface area (Å²) in [7, 11) is 0. The Morgan fingerprint density at radius 1 is 1.67 bits per heavy atom. The van der Waals surface area contributed by atoms with Crippen molar-refractivity contribution < 1.29 is 13.6 Å². The lowest BCUT2D eigenvalue weighted by atomic mass is 10.3. The van der Waals surface area contributed by atoms with E-state index in [-0.39, 0.29) is 0 Å². The molecule has 0 heterocycles. The summed E-state index contributed by atoms with van der Waals surface area (Å²) in [6, 6.07) is 0. The Morgan fingerprint density at radius 2 is 2.33 bits per heavy atom. The van der Waals surface area contributed by atoms with Crippen LogP contribution in [0.2, 0.25) is 0 Å². The minimum Gasteiger partial charge on any atom is -0.303 e. The van der Waals surface area contributed by atoms with Gasteiger partial charge in [-0.05, 0) is 6.42 Å². The largest absolute Gasteiger partial charge is 0.303 e. The third-order valence-electron chi connectivity index (χ3n) is 0.724. The van der Waals surface area contributed by atoms with E-state index in [0.717, 1.165) is 6.29 Å². The topological polar surface area (TPSA) is 66.4 Å². The van der Waals surface area contributed by atoms with Crippen LogP contribution >= 0.6 is 0 Å². The van der Waals surface area contributed by atoms with Crippen LogP contribution < -0.4 is 4.72 Å². The second kappa shape index (κ2) is 5.87. The van der Waals surface area contributed by atoms with Gasteiger partial charge in [-0.25, -0.2) is 8.93 Å². The quantitative estimate of drug-likeness (QED) is 0.322. The summed E-state index contributed by atoms with van der Waals surface area (Å²) in [4.78, 5) is 9.68. The predicted molar refractivity (Wildman–Crippen MR) is 34.1 cm³/mol. The molecule has 4 nitrogen and oxygen atoms in total. The van der Waals surface area contributed by atoms with Crippen molar-refractivity contribution in [2.75, 3.05) is 6.54 Å². The molecule has 0 saturated heterocycles. The highest BCUT2D eigenvalue weighted by molar-refractivity contribution is 7.77. The lowest BCUT2D eigenvalue weighted by molar-refractivity contribution is -0.107. The Morgan fingerprint density at radius 3 is 2.78 bits per heavy atom. The van der Waals surface area contributed by atoms with E-state index < -0.39 is 11.3 Å². The number of carbonyl (C=O) groups excluding carboxylic acids is 1. The third-order valence-corrected chi connectivity index (χ3v) is 1.18. The maximum Gasteiger partial charge on any atom is 0.231 e. The zero-order chi connectivity index (χ0) is 7.11. The molecule has 1 atom stereocenters. The molecule has 0 bridgehead atoms. The molecule has 0 amide bonds. The molecule has 0 aliphatic heterocycles. The number of hydrogen-bond donors (Lipinski definition) is 2. The van der Waals surface area contributed by atoms with Gasteiger partial charge in [0.05, 0.1) is 0 Å². The first-order chi connectivity index (χ1) is 4.27. The van der Waals surface area contributed by atoms with Crippen molar-refractivity contribution in [3.05, 3.63) is 0 Å². The Kier molecular flexibility index (Phi) is 5.70. The molecular weight excluding hydrogens is 142 g/mol. The van der Waals surface area contributed by atoms with Crippen LogP contribution in [0, 0.1) is 0 Å². The second-order valence-corrected chi connectivity index (χ2v) is 2.24.